The zero-order chi connectivity index (χ0) is 17.2. The summed E-state index contributed by atoms with van der Waals surface area (Å²) in [4.78, 5) is 11.7. The maximum Gasteiger partial charge on any atom is 0.407 e. The van der Waals surface area contributed by atoms with Crippen LogP contribution >= 0.6 is 0 Å². The number of carbonyl (C=O) groups excluding carboxylic acids is 1. The smallest absolute Gasteiger partial charge is 0.407 e. The molecule has 0 unspecified atom stereocenters. The van der Waals surface area contributed by atoms with Crippen molar-refractivity contribution >= 4 is 16.2 Å². The molecule has 0 aromatic carbocycles. The van der Waals surface area contributed by atoms with E-state index in [2.05, 4.69) is 12.2 Å². The van der Waals surface area contributed by atoms with Crippen molar-refractivity contribution in [2.45, 2.75) is 58.6 Å². The van der Waals surface area contributed by atoms with E-state index in [1.54, 1.807) is 20.8 Å². The van der Waals surface area contributed by atoms with Crippen LogP contribution in [0, 0.1) is 0 Å². The van der Waals surface area contributed by atoms with Crippen LogP contribution in [0.25, 0.3) is 0 Å². The number of nitrogens with one attached hydrogen (secondary N) is 1. The number of hydrogen-bond acceptors (Lipinski definition) is 6. The van der Waals surface area contributed by atoms with Gasteiger partial charge >= 0.3 is 6.09 Å². The highest BCUT2D eigenvalue weighted by molar-refractivity contribution is 7.85. The van der Waals surface area contributed by atoms with Crippen molar-refractivity contribution in [3.05, 3.63) is 0 Å². The third kappa shape index (κ3) is 14.1. The number of carbonyl (C=O) groups is 1. The molecule has 8 heteroatoms. The molecule has 1 N–H and O–H groups in total. The summed E-state index contributed by atoms with van der Waals surface area (Å²) in [5.41, 5.74) is -0.621. The first kappa shape index (κ1) is 21.1. The van der Waals surface area contributed by atoms with E-state index in [9.17, 15) is 13.2 Å². The summed E-state index contributed by atoms with van der Waals surface area (Å²) >= 11 is 0. The average Bonchev–Trinajstić information content (AvgIpc) is 2.32. The van der Waals surface area contributed by atoms with Gasteiger partial charge in [0.25, 0.3) is 10.1 Å². The molecular weight excluding hydrogens is 310 g/mol. The fourth-order valence-electron chi connectivity index (χ4n) is 1.45. The fraction of sp³-hybridized carbons (Fsp3) is 0.929. The number of ether oxygens (including phenoxy) is 2. The highest BCUT2D eigenvalue weighted by atomic mass is 32.2. The van der Waals surface area contributed by atoms with Gasteiger partial charge in [-0.25, -0.2) is 4.79 Å². The second kappa shape index (κ2) is 10.0. The number of unbranched alkanes of at least 4 members (excludes halogenated alkanes) is 1. The molecule has 0 aliphatic carbocycles. The Morgan fingerprint density at radius 1 is 1.23 bits per heavy atom. The minimum absolute atomic E-state index is 0.144. The Hall–Kier alpha value is -0.860. The first-order valence-corrected chi connectivity index (χ1v) is 9.27. The van der Waals surface area contributed by atoms with Crippen molar-refractivity contribution in [1.82, 2.24) is 5.32 Å². The van der Waals surface area contributed by atoms with Gasteiger partial charge < -0.3 is 14.8 Å². The molecule has 0 aliphatic heterocycles. The Bertz CT molecular complexity index is 416. The van der Waals surface area contributed by atoms with Gasteiger partial charge in [0.05, 0.1) is 18.9 Å². The maximum absolute atomic E-state index is 11.7. The lowest BCUT2D eigenvalue weighted by atomic mass is 10.2. The average molecular weight is 339 g/mol. The Morgan fingerprint density at radius 3 is 2.36 bits per heavy atom. The van der Waals surface area contributed by atoms with Crippen LogP contribution < -0.4 is 5.32 Å². The molecule has 0 fully saturated rings. The summed E-state index contributed by atoms with van der Waals surface area (Å²) in [5.74, 6) is 0. The van der Waals surface area contributed by atoms with Crippen LogP contribution in [0.1, 0.15) is 47.0 Å². The molecule has 1 atom stereocenters. The van der Waals surface area contributed by atoms with Gasteiger partial charge in [-0.05, 0) is 33.6 Å². The molecule has 0 heterocycles. The summed E-state index contributed by atoms with van der Waals surface area (Å²) in [5, 5.41) is 2.61. The van der Waals surface area contributed by atoms with E-state index >= 15 is 0 Å². The monoisotopic (exact) mass is 339 g/mol. The van der Waals surface area contributed by atoms with Gasteiger partial charge in [0.15, 0.2) is 0 Å². The van der Waals surface area contributed by atoms with Crippen molar-refractivity contribution in [3.63, 3.8) is 0 Å². The lowest BCUT2D eigenvalue weighted by Gasteiger charge is -2.23. The normalized spacial score (nSPS) is 13.7. The third-order valence-corrected chi connectivity index (χ3v) is 3.02. The molecule has 0 rings (SSSR count). The second-order valence-electron chi connectivity index (χ2n) is 6.09. The zero-order valence-corrected chi connectivity index (χ0v) is 15.0. The molecule has 132 valence electrons. The molecule has 0 saturated carbocycles. The third-order valence-electron chi connectivity index (χ3n) is 2.46. The molecule has 7 nitrogen and oxygen atoms in total. The van der Waals surface area contributed by atoms with Crippen molar-refractivity contribution in [2.24, 2.45) is 0 Å². The van der Waals surface area contributed by atoms with E-state index < -0.39 is 27.9 Å². The molecule has 22 heavy (non-hydrogen) atoms. The van der Waals surface area contributed by atoms with E-state index in [4.69, 9.17) is 13.7 Å². The minimum atomic E-state index is -3.56. The minimum Gasteiger partial charge on any atom is -0.444 e. The summed E-state index contributed by atoms with van der Waals surface area (Å²) in [6.07, 6.45) is 2.80. The maximum atomic E-state index is 11.7. The van der Waals surface area contributed by atoms with Crippen LogP contribution in [0.3, 0.4) is 0 Å². The van der Waals surface area contributed by atoms with Crippen LogP contribution in [0.4, 0.5) is 4.79 Å². The van der Waals surface area contributed by atoms with Crippen LogP contribution in [0.5, 0.6) is 0 Å². The molecule has 0 aromatic rings. The van der Waals surface area contributed by atoms with Gasteiger partial charge in [-0.3, -0.25) is 4.18 Å². The Labute approximate surface area is 133 Å². The van der Waals surface area contributed by atoms with Gasteiger partial charge in [-0.15, -0.1) is 0 Å². The van der Waals surface area contributed by atoms with E-state index in [1.165, 1.54) is 0 Å². The van der Waals surface area contributed by atoms with Crippen LogP contribution in [0.2, 0.25) is 0 Å². The standard InChI is InChI=1S/C14H29NO6S/c1-6-7-9-19-10-8-12(11-20-22(5,17)18)15-13(16)21-14(2,3)4/h12H,6-11H2,1-5H3,(H,15,16)/t12-/m0/s1. The summed E-state index contributed by atoms with van der Waals surface area (Å²) < 4.78 is 37.5. The molecule has 0 spiro atoms. The highest BCUT2D eigenvalue weighted by Gasteiger charge is 2.20. The van der Waals surface area contributed by atoms with Gasteiger partial charge in [-0.2, -0.15) is 8.42 Å². The van der Waals surface area contributed by atoms with Gasteiger partial charge in [0, 0.05) is 13.2 Å². The topological polar surface area (TPSA) is 90.9 Å². The molecule has 0 saturated heterocycles. The van der Waals surface area contributed by atoms with Crippen LogP contribution in [-0.4, -0.2) is 52.2 Å². The number of amides is 1. The lowest BCUT2D eigenvalue weighted by molar-refractivity contribution is 0.0464. The largest absolute Gasteiger partial charge is 0.444 e. The molecule has 0 radical (unpaired) electrons. The Balaban J connectivity index is 4.35. The van der Waals surface area contributed by atoms with Gasteiger partial charge in [0.1, 0.15) is 5.60 Å². The van der Waals surface area contributed by atoms with Gasteiger partial charge in [0.2, 0.25) is 0 Å². The highest BCUT2D eigenvalue weighted by Crippen LogP contribution is 2.08. The van der Waals surface area contributed by atoms with Crippen molar-refractivity contribution in [1.29, 1.82) is 0 Å². The van der Waals surface area contributed by atoms with E-state index in [-0.39, 0.29) is 6.61 Å². The summed E-state index contributed by atoms with van der Waals surface area (Å²) in [6.45, 7) is 8.23. The summed E-state index contributed by atoms with van der Waals surface area (Å²) in [7, 11) is -3.56. The first-order chi connectivity index (χ1) is 10.0. The number of rotatable bonds is 10. The second-order valence-corrected chi connectivity index (χ2v) is 7.73. The van der Waals surface area contributed by atoms with Crippen molar-refractivity contribution < 1.29 is 26.9 Å². The lowest BCUT2D eigenvalue weighted by Crippen LogP contribution is -2.42. The Kier molecular flexibility index (Phi) is 9.63. The van der Waals surface area contributed by atoms with Crippen molar-refractivity contribution in [3.8, 4) is 0 Å². The Morgan fingerprint density at radius 2 is 1.86 bits per heavy atom. The first-order valence-electron chi connectivity index (χ1n) is 7.45. The van der Waals surface area contributed by atoms with E-state index in [0.29, 0.717) is 19.6 Å². The van der Waals surface area contributed by atoms with Crippen LogP contribution in [-0.2, 0) is 23.8 Å². The number of alkyl carbamates (subject to hydrolysis) is 1. The fourth-order valence-corrected chi connectivity index (χ4v) is 1.86. The molecule has 0 aliphatic rings. The summed E-state index contributed by atoms with van der Waals surface area (Å²) in [6, 6.07) is -0.494. The molecule has 0 bridgehead atoms. The predicted molar refractivity (Wildman–Crippen MR) is 84.3 cm³/mol. The molecular formula is C14H29NO6S. The molecule has 0 aromatic heterocycles. The quantitative estimate of drug-likeness (QED) is 0.484. The van der Waals surface area contributed by atoms with Crippen LogP contribution in [0.15, 0.2) is 0 Å². The van der Waals surface area contributed by atoms with Crippen molar-refractivity contribution in [2.75, 3.05) is 26.1 Å². The van der Waals surface area contributed by atoms with E-state index in [0.717, 1.165) is 19.1 Å². The zero-order valence-electron chi connectivity index (χ0n) is 14.2. The van der Waals surface area contributed by atoms with E-state index in [1.807, 2.05) is 0 Å². The SMILES string of the molecule is CCCCOCC[C@@H](COS(C)(=O)=O)NC(=O)OC(C)(C)C. The predicted octanol–water partition coefficient (Wildman–Crippen LogP) is 2.06. The molecule has 1 amide bonds. The number of hydrogen-bond donors (Lipinski definition) is 1. The van der Waals surface area contributed by atoms with Gasteiger partial charge in [-0.1, -0.05) is 13.3 Å².